The second-order valence-electron chi connectivity index (χ2n) is 4.26. The third-order valence-corrected chi connectivity index (χ3v) is 2.60. The number of nitrogens with zero attached hydrogens (tertiary/aromatic N) is 1. The zero-order valence-electron chi connectivity index (χ0n) is 8.79. The molecular formula is C10H22N2O. The lowest BCUT2D eigenvalue weighted by Crippen LogP contribution is -2.36. The summed E-state index contributed by atoms with van der Waals surface area (Å²) in [6.45, 7) is 6.09. The van der Waals surface area contributed by atoms with Crippen LogP contribution in [0.3, 0.4) is 0 Å². The molecule has 0 bridgehead atoms. The molecule has 0 radical (unpaired) electrons. The Labute approximate surface area is 81.1 Å². The van der Waals surface area contributed by atoms with Crippen molar-refractivity contribution in [3.8, 4) is 0 Å². The molecule has 1 heterocycles. The van der Waals surface area contributed by atoms with Gasteiger partial charge in [0.05, 0.1) is 6.10 Å². The monoisotopic (exact) mass is 186 g/mol. The van der Waals surface area contributed by atoms with Crippen molar-refractivity contribution in [2.75, 3.05) is 33.2 Å². The molecule has 0 aliphatic carbocycles. The molecule has 0 saturated carbocycles. The van der Waals surface area contributed by atoms with Gasteiger partial charge >= 0.3 is 0 Å². The van der Waals surface area contributed by atoms with Crippen molar-refractivity contribution in [3.63, 3.8) is 0 Å². The molecule has 0 aromatic heterocycles. The Morgan fingerprint density at radius 3 is 2.62 bits per heavy atom. The standard InChI is InChI=1S/C10H22N2O/c1-9(13)7-12(2)8-10-3-5-11-6-4-10/h9-11,13H,3-8H2,1-2H3. The van der Waals surface area contributed by atoms with Gasteiger partial charge in [-0.15, -0.1) is 0 Å². The van der Waals surface area contributed by atoms with Crippen molar-refractivity contribution < 1.29 is 5.11 Å². The number of rotatable bonds is 4. The molecule has 1 atom stereocenters. The molecule has 1 saturated heterocycles. The summed E-state index contributed by atoms with van der Waals surface area (Å²) in [6, 6.07) is 0. The predicted molar refractivity (Wildman–Crippen MR) is 54.8 cm³/mol. The summed E-state index contributed by atoms with van der Waals surface area (Å²) in [7, 11) is 2.09. The van der Waals surface area contributed by atoms with Crippen molar-refractivity contribution in [3.05, 3.63) is 0 Å². The summed E-state index contributed by atoms with van der Waals surface area (Å²) in [6.07, 6.45) is 2.36. The van der Waals surface area contributed by atoms with Gasteiger partial charge in [0.2, 0.25) is 0 Å². The van der Waals surface area contributed by atoms with Crippen LogP contribution in [0.2, 0.25) is 0 Å². The Hall–Kier alpha value is -0.120. The van der Waals surface area contributed by atoms with Gasteiger partial charge in [0, 0.05) is 13.1 Å². The highest BCUT2D eigenvalue weighted by Gasteiger charge is 2.15. The van der Waals surface area contributed by atoms with Gasteiger partial charge < -0.3 is 15.3 Å². The van der Waals surface area contributed by atoms with Gasteiger partial charge in [-0.2, -0.15) is 0 Å². The van der Waals surface area contributed by atoms with Crippen molar-refractivity contribution in [1.29, 1.82) is 0 Å². The molecule has 1 rings (SSSR count). The Balaban J connectivity index is 2.14. The van der Waals surface area contributed by atoms with Gasteiger partial charge in [-0.3, -0.25) is 0 Å². The molecule has 1 unspecified atom stereocenters. The Bertz CT molecular complexity index is 133. The van der Waals surface area contributed by atoms with E-state index in [1.807, 2.05) is 6.92 Å². The van der Waals surface area contributed by atoms with Crippen LogP contribution in [0.25, 0.3) is 0 Å². The smallest absolute Gasteiger partial charge is 0.0638 e. The summed E-state index contributed by atoms with van der Waals surface area (Å²) in [4.78, 5) is 2.24. The molecule has 0 spiro atoms. The van der Waals surface area contributed by atoms with Gasteiger partial charge in [-0.25, -0.2) is 0 Å². The van der Waals surface area contributed by atoms with E-state index in [1.165, 1.54) is 12.8 Å². The highest BCUT2D eigenvalue weighted by Crippen LogP contribution is 2.12. The first kappa shape index (κ1) is 11.0. The maximum absolute atomic E-state index is 9.20. The number of likely N-dealkylation sites (N-methyl/N-ethyl adjacent to an activating group) is 1. The maximum Gasteiger partial charge on any atom is 0.0638 e. The van der Waals surface area contributed by atoms with E-state index < -0.39 is 0 Å². The lowest BCUT2D eigenvalue weighted by molar-refractivity contribution is 0.127. The Kier molecular flexibility index (Phi) is 4.70. The SMILES string of the molecule is CC(O)CN(C)CC1CCNCC1. The van der Waals surface area contributed by atoms with Crippen LogP contribution in [-0.2, 0) is 0 Å². The lowest BCUT2D eigenvalue weighted by atomic mass is 9.98. The van der Waals surface area contributed by atoms with Crippen LogP contribution in [0.15, 0.2) is 0 Å². The van der Waals surface area contributed by atoms with Crippen molar-refractivity contribution in [1.82, 2.24) is 10.2 Å². The van der Waals surface area contributed by atoms with Crippen LogP contribution < -0.4 is 5.32 Å². The van der Waals surface area contributed by atoms with E-state index >= 15 is 0 Å². The summed E-state index contributed by atoms with van der Waals surface area (Å²) in [5, 5.41) is 12.6. The first-order chi connectivity index (χ1) is 6.18. The van der Waals surface area contributed by atoms with E-state index in [4.69, 9.17) is 0 Å². The summed E-state index contributed by atoms with van der Waals surface area (Å²) >= 11 is 0. The number of nitrogens with one attached hydrogen (secondary N) is 1. The van der Waals surface area contributed by atoms with E-state index in [9.17, 15) is 5.11 Å². The summed E-state index contributed by atoms with van der Waals surface area (Å²) in [5.74, 6) is 0.824. The fourth-order valence-electron chi connectivity index (χ4n) is 2.03. The molecule has 78 valence electrons. The second kappa shape index (κ2) is 5.58. The van der Waals surface area contributed by atoms with Crippen molar-refractivity contribution in [2.24, 2.45) is 5.92 Å². The molecule has 0 aromatic carbocycles. The molecular weight excluding hydrogens is 164 g/mol. The first-order valence-electron chi connectivity index (χ1n) is 5.26. The zero-order valence-corrected chi connectivity index (χ0v) is 8.79. The topological polar surface area (TPSA) is 35.5 Å². The van der Waals surface area contributed by atoms with Gasteiger partial charge in [0.15, 0.2) is 0 Å². The van der Waals surface area contributed by atoms with Gasteiger partial charge in [-0.05, 0) is 45.8 Å². The quantitative estimate of drug-likeness (QED) is 0.663. The lowest BCUT2D eigenvalue weighted by Gasteiger charge is -2.28. The van der Waals surface area contributed by atoms with Crippen LogP contribution in [-0.4, -0.2) is 49.3 Å². The minimum atomic E-state index is -0.202. The predicted octanol–water partition coefficient (Wildman–Crippen LogP) is 0.299. The fraction of sp³-hybridized carbons (Fsp3) is 1.00. The number of piperidine rings is 1. The molecule has 3 nitrogen and oxygen atoms in total. The number of hydrogen-bond donors (Lipinski definition) is 2. The van der Waals surface area contributed by atoms with Crippen LogP contribution in [0.5, 0.6) is 0 Å². The van der Waals surface area contributed by atoms with Gasteiger partial charge in [0.25, 0.3) is 0 Å². The Morgan fingerprint density at radius 1 is 1.46 bits per heavy atom. The first-order valence-corrected chi connectivity index (χ1v) is 5.26. The molecule has 1 aliphatic heterocycles. The third-order valence-electron chi connectivity index (χ3n) is 2.60. The van der Waals surface area contributed by atoms with E-state index in [0.29, 0.717) is 0 Å². The normalized spacial score (nSPS) is 22.2. The van der Waals surface area contributed by atoms with Crippen molar-refractivity contribution in [2.45, 2.75) is 25.9 Å². The molecule has 1 aliphatic rings. The highest BCUT2D eigenvalue weighted by molar-refractivity contribution is 4.71. The van der Waals surface area contributed by atoms with E-state index in [1.54, 1.807) is 0 Å². The maximum atomic E-state index is 9.20. The van der Waals surface area contributed by atoms with Crippen LogP contribution in [0.4, 0.5) is 0 Å². The number of hydrogen-bond acceptors (Lipinski definition) is 3. The molecule has 0 amide bonds. The summed E-state index contributed by atoms with van der Waals surface area (Å²) in [5.41, 5.74) is 0. The molecule has 1 fully saturated rings. The highest BCUT2D eigenvalue weighted by atomic mass is 16.3. The van der Waals surface area contributed by atoms with E-state index in [-0.39, 0.29) is 6.10 Å². The minimum Gasteiger partial charge on any atom is -0.392 e. The van der Waals surface area contributed by atoms with Crippen molar-refractivity contribution >= 4 is 0 Å². The third kappa shape index (κ3) is 4.60. The van der Waals surface area contributed by atoms with E-state index in [2.05, 4.69) is 17.3 Å². The second-order valence-corrected chi connectivity index (χ2v) is 4.26. The van der Waals surface area contributed by atoms with Gasteiger partial charge in [-0.1, -0.05) is 0 Å². The minimum absolute atomic E-state index is 0.202. The molecule has 13 heavy (non-hydrogen) atoms. The van der Waals surface area contributed by atoms with E-state index in [0.717, 1.165) is 32.1 Å². The number of aliphatic hydroxyl groups excluding tert-OH is 1. The van der Waals surface area contributed by atoms with Crippen LogP contribution >= 0.6 is 0 Å². The van der Waals surface area contributed by atoms with Crippen LogP contribution in [0, 0.1) is 5.92 Å². The zero-order chi connectivity index (χ0) is 9.68. The van der Waals surface area contributed by atoms with Crippen LogP contribution in [0.1, 0.15) is 19.8 Å². The largest absolute Gasteiger partial charge is 0.392 e. The summed E-state index contributed by atoms with van der Waals surface area (Å²) < 4.78 is 0. The molecule has 0 aromatic rings. The average molecular weight is 186 g/mol. The number of aliphatic hydroxyl groups is 1. The molecule has 2 N–H and O–H groups in total. The Morgan fingerprint density at radius 2 is 2.08 bits per heavy atom. The average Bonchev–Trinajstić information content (AvgIpc) is 2.04. The fourth-order valence-corrected chi connectivity index (χ4v) is 2.03. The molecule has 3 heteroatoms. The van der Waals surface area contributed by atoms with Gasteiger partial charge in [0.1, 0.15) is 0 Å².